The molecule has 3 heterocycles. The van der Waals surface area contributed by atoms with Gasteiger partial charge in [-0.25, -0.2) is 9.67 Å². The summed E-state index contributed by atoms with van der Waals surface area (Å²) in [5, 5.41) is 16.8. The fourth-order valence-electron chi connectivity index (χ4n) is 3.09. The molecule has 0 bridgehead atoms. The van der Waals surface area contributed by atoms with Crippen LogP contribution in [0.25, 0.3) is 17.1 Å². The summed E-state index contributed by atoms with van der Waals surface area (Å²) in [5.74, 6) is -0.250. The van der Waals surface area contributed by atoms with Crippen LogP contribution in [0.5, 0.6) is 0 Å². The normalized spacial score (nSPS) is 16.8. The molecule has 1 atom stereocenters. The van der Waals surface area contributed by atoms with Crippen molar-refractivity contribution in [1.82, 2.24) is 25.1 Å². The number of benzene rings is 1. The minimum absolute atomic E-state index is 0.565. The fourth-order valence-corrected chi connectivity index (χ4v) is 3.09. The second kappa shape index (κ2) is 5.61. The van der Waals surface area contributed by atoms with Crippen molar-refractivity contribution < 1.29 is 9.90 Å². The number of aliphatic carboxylic acids is 1. The van der Waals surface area contributed by atoms with E-state index >= 15 is 0 Å². The van der Waals surface area contributed by atoms with Crippen LogP contribution in [0.3, 0.4) is 0 Å². The van der Waals surface area contributed by atoms with Gasteiger partial charge < -0.3 is 10.1 Å². The Morgan fingerprint density at radius 3 is 2.88 bits per heavy atom. The van der Waals surface area contributed by atoms with Crippen LogP contribution < -0.4 is 5.32 Å². The molecule has 0 radical (unpaired) electrons. The molecule has 7 nitrogen and oxygen atoms in total. The summed E-state index contributed by atoms with van der Waals surface area (Å²) in [7, 11) is 0. The number of rotatable bonds is 3. The van der Waals surface area contributed by atoms with Gasteiger partial charge in [0, 0.05) is 18.7 Å². The lowest BCUT2D eigenvalue weighted by molar-refractivity contribution is -0.139. The molecule has 1 unspecified atom stereocenters. The SMILES string of the molecule is Cc1c(-c2nc3c([nH]2)CCNC3C(=O)O)cnn1-c1ccccc1. The van der Waals surface area contributed by atoms with Gasteiger partial charge in [0.2, 0.25) is 0 Å². The predicted molar refractivity (Wildman–Crippen MR) is 88.0 cm³/mol. The van der Waals surface area contributed by atoms with Crippen LogP contribution in [0.4, 0.5) is 0 Å². The molecule has 1 aromatic carbocycles. The number of H-pyrrole nitrogens is 1. The molecule has 0 amide bonds. The van der Waals surface area contributed by atoms with E-state index in [0.717, 1.165) is 29.1 Å². The fraction of sp³-hybridized carbons (Fsp3) is 0.235. The Hall–Kier alpha value is -2.93. The minimum Gasteiger partial charge on any atom is -0.480 e. The van der Waals surface area contributed by atoms with E-state index in [0.29, 0.717) is 18.1 Å². The third-order valence-corrected chi connectivity index (χ3v) is 4.32. The molecule has 1 aliphatic rings. The Morgan fingerprint density at radius 2 is 2.12 bits per heavy atom. The second-order valence-electron chi connectivity index (χ2n) is 5.82. The third-order valence-electron chi connectivity index (χ3n) is 4.32. The second-order valence-corrected chi connectivity index (χ2v) is 5.82. The lowest BCUT2D eigenvalue weighted by Gasteiger charge is -2.18. The van der Waals surface area contributed by atoms with E-state index in [9.17, 15) is 9.90 Å². The van der Waals surface area contributed by atoms with Gasteiger partial charge >= 0.3 is 5.97 Å². The van der Waals surface area contributed by atoms with Crippen LogP contribution in [-0.2, 0) is 11.2 Å². The van der Waals surface area contributed by atoms with Crippen LogP contribution in [0.2, 0.25) is 0 Å². The molecule has 7 heteroatoms. The van der Waals surface area contributed by atoms with Crippen molar-refractivity contribution in [1.29, 1.82) is 0 Å². The maximum atomic E-state index is 11.4. The Bertz CT molecular complexity index is 897. The van der Waals surface area contributed by atoms with E-state index in [1.165, 1.54) is 0 Å². The summed E-state index contributed by atoms with van der Waals surface area (Å²) in [5.41, 5.74) is 4.24. The van der Waals surface area contributed by atoms with E-state index in [2.05, 4.69) is 20.4 Å². The lowest BCUT2D eigenvalue weighted by Crippen LogP contribution is -2.35. The zero-order chi connectivity index (χ0) is 16.7. The zero-order valence-corrected chi connectivity index (χ0v) is 13.2. The number of hydrogen-bond acceptors (Lipinski definition) is 4. The highest BCUT2D eigenvalue weighted by atomic mass is 16.4. The Labute approximate surface area is 138 Å². The number of carboxylic acids is 1. The summed E-state index contributed by atoms with van der Waals surface area (Å²) >= 11 is 0. The molecule has 0 fully saturated rings. The summed E-state index contributed by atoms with van der Waals surface area (Å²) in [6, 6.07) is 9.10. The maximum Gasteiger partial charge on any atom is 0.327 e. The van der Waals surface area contributed by atoms with E-state index in [4.69, 9.17) is 0 Å². The zero-order valence-electron chi connectivity index (χ0n) is 13.2. The number of carbonyl (C=O) groups is 1. The van der Waals surface area contributed by atoms with Crippen LogP contribution >= 0.6 is 0 Å². The van der Waals surface area contributed by atoms with Crippen molar-refractivity contribution in [2.45, 2.75) is 19.4 Å². The first-order chi connectivity index (χ1) is 11.6. The molecule has 0 saturated carbocycles. The molecule has 4 rings (SSSR count). The predicted octanol–water partition coefficient (Wildman–Crippen LogP) is 1.84. The summed E-state index contributed by atoms with van der Waals surface area (Å²) in [4.78, 5) is 19.2. The highest BCUT2D eigenvalue weighted by molar-refractivity contribution is 5.76. The number of fused-ring (bicyclic) bond motifs is 1. The smallest absolute Gasteiger partial charge is 0.327 e. The third kappa shape index (κ3) is 2.30. The molecule has 0 saturated heterocycles. The molecular weight excluding hydrogens is 306 g/mol. The molecule has 122 valence electrons. The van der Waals surface area contributed by atoms with Crippen molar-refractivity contribution in [3.05, 3.63) is 53.6 Å². The van der Waals surface area contributed by atoms with Crippen molar-refractivity contribution in [2.24, 2.45) is 0 Å². The lowest BCUT2D eigenvalue weighted by atomic mass is 10.1. The highest BCUT2D eigenvalue weighted by Crippen LogP contribution is 2.28. The largest absolute Gasteiger partial charge is 0.480 e. The van der Waals surface area contributed by atoms with Gasteiger partial charge in [-0.3, -0.25) is 10.1 Å². The van der Waals surface area contributed by atoms with Crippen molar-refractivity contribution in [3.8, 4) is 17.1 Å². The molecule has 3 N–H and O–H groups in total. The van der Waals surface area contributed by atoms with Crippen molar-refractivity contribution >= 4 is 5.97 Å². The van der Waals surface area contributed by atoms with Crippen LogP contribution in [0.15, 0.2) is 36.5 Å². The topological polar surface area (TPSA) is 95.8 Å². The quantitative estimate of drug-likeness (QED) is 0.683. The number of aromatic amines is 1. The van der Waals surface area contributed by atoms with Gasteiger partial charge in [0.15, 0.2) is 6.04 Å². The average Bonchev–Trinajstić information content (AvgIpc) is 3.18. The summed E-state index contributed by atoms with van der Waals surface area (Å²) < 4.78 is 1.85. The number of carboxylic acid groups (broad SMARTS) is 1. The molecule has 24 heavy (non-hydrogen) atoms. The van der Waals surface area contributed by atoms with E-state index < -0.39 is 12.0 Å². The Balaban J connectivity index is 1.76. The average molecular weight is 323 g/mol. The van der Waals surface area contributed by atoms with E-state index in [1.54, 1.807) is 6.20 Å². The molecule has 0 spiro atoms. The number of imidazole rings is 1. The number of aromatic nitrogens is 4. The molecule has 1 aliphatic heterocycles. The van der Waals surface area contributed by atoms with Crippen molar-refractivity contribution in [2.75, 3.05) is 6.54 Å². The first-order valence-corrected chi connectivity index (χ1v) is 7.80. The van der Waals surface area contributed by atoms with Gasteiger partial charge in [-0.2, -0.15) is 5.10 Å². The number of hydrogen-bond donors (Lipinski definition) is 3. The van der Waals surface area contributed by atoms with E-state index in [-0.39, 0.29) is 0 Å². The van der Waals surface area contributed by atoms with Crippen molar-refractivity contribution in [3.63, 3.8) is 0 Å². The van der Waals surface area contributed by atoms with Gasteiger partial charge in [0.1, 0.15) is 5.82 Å². The molecule has 2 aromatic heterocycles. The van der Waals surface area contributed by atoms with E-state index in [1.807, 2.05) is 41.9 Å². The number of para-hydroxylation sites is 1. The first kappa shape index (κ1) is 14.6. The Kier molecular flexibility index (Phi) is 3.42. The number of nitrogens with one attached hydrogen (secondary N) is 2. The standard InChI is InChI=1S/C17H17N5O2/c1-10-12(9-19-22(10)11-5-3-2-4-6-11)16-20-13-7-8-18-15(17(23)24)14(13)21-16/h2-6,9,15,18H,7-8H2,1H3,(H,20,21)(H,23,24). The van der Waals surface area contributed by atoms with Crippen LogP contribution in [0.1, 0.15) is 23.1 Å². The van der Waals surface area contributed by atoms with Gasteiger partial charge in [0.05, 0.1) is 28.8 Å². The molecule has 3 aromatic rings. The monoisotopic (exact) mass is 323 g/mol. The minimum atomic E-state index is -0.911. The van der Waals surface area contributed by atoms with Gasteiger partial charge in [-0.15, -0.1) is 0 Å². The molecule has 0 aliphatic carbocycles. The van der Waals surface area contributed by atoms with Crippen LogP contribution in [0, 0.1) is 6.92 Å². The summed E-state index contributed by atoms with van der Waals surface area (Å²) in [6.07, 6.45) is 2.49. The van der Waals surface area contributed by atoms with Gasteiger partial charge in [0.25, 0.3) is 0 Å². The molecular formula is C17H17N5O2. The van der Waals surface area contributed by atoms with Crippen LogP contribution in [-0.4, -0.2) is 37.4 Å². The number of nitrogens with zero attached hydrogens (tertiary/aromatic N) is 3. The Morgan fingerprint density at radius 1 is 1.33 bits per heavy atom. The highest BCUT2D eigenvalue weighted by Gasteiger charge is 2.30. The maximum absolute atomic E-state index is 11.4. The summed E-state index contributed by atoms with van der Waals surface area (Å²) in [6.45, 7) is 2.59. The van der Waals surface area contributed by atoms with Gasteiger partial charge in [-0.1, -0.05) is 18.2 Å². The van der Waals surface area contributed by atoms with Gasteiger partial charge in [-0.05, 0) is 19.1 Å². The first-order valence-electron chi connectivity index (χ1n) is 7.80.